The summed E-state index contributed by atoms with van der Waals surface area (Å²) in [6, 6.07) is 10.3. The van der Waals surface area contributed by atoms with Gasteiger partial charge in [-0.15, -0.1) is 0 Å². The van der Waals surface area contributed by atoms with E-state index in [1.165, 1.54) is 11.3 Å². The fraction of sp³-hybridized carbons (Fsp3) is 0.286. The molecule has 1 aliphatic carbocycles. The maximum atomic E-state index is 5.35. The van der Waals surface area contributed by atoms with E-state index in [1.807, 2.05) is 36.5 Å². The van der Waals surface area contributed by atoms with Crippen LogP contribution in [0.4, 0.5) is 5.69 Å². The Morgan fingerprint density at radius 3 is 3.00 bits per heavy atom. The Balaban J connectivity index is 1.56. The number of aromatic nitrogens is 2. The van der Waals surface area contributed by atoms with Gasteiger partial charge in [0, 0.05) is 23.8 Å². The third kappa shape index (κ3) is 2.93. The van der Waals surface area contributed by atoms with E-state index in [4.69, 9.17) is 12.2 Å². The van der Waals surface area contributed by atoms with Gasteiger partial charge in [0.15, 0.2) is 5.11 Å². The van der Waals surface area contributed by atoms with E-state index in [2.05, 4.69) is 20.8 Å². The van der Waals surface area contributed by atoms with Crippen LogP contribution in [0.5, 0.6) is 0 Å². The molecule has 19 heavy (non-hydrogen) atoms. The van der Waals surface area contributed by atoms with Crippen LogP contribution in [0.1, 0.15) is 17.7 Å². The van der Waals surface area contributed by atoms with Crippen molar-refractivity contribution in [3.8, 4) is 0 Å². The van der Waals surface area contributed by atoms with E-state index in [0.29, 0.717) is 11.2 Å². The lowest BCUT2D eigenvalue weighted by Gasteiger charge is -2.24. The number of nitrogens with one attached hydrogen (secondary N) is 3. The van der Waals surface area contributed by atoms with Crippen LogP contribution in [0, 0.1) is 0 Å². The molecule has 1 unspecified atom stereocenters. The maximum absolute atomic E-state index is 5.35. The maximum Gasteiger partial charge on any atom is 0.171 e. The lowest BCUT2D eigenvalue weighted by molar-refractivity contribution is 0.525. The first-order valence-electron chi connectivity index (χ1n) is 6.45. The van der Waals surface area contributed by atoms with Crippen molar-refractivity contribution >= 4 is 23.0 Å². The molecule has 1 aromatic carbocycles. The lowest BCUT2D eigenvalue weighted by Crippen LogP contribution is -2.41. The Morgan fingerprint density at radius 1 is 1.32 bits per heavy atom. The fourth-order valence-electron chi connectivity index (χ4n) is 2.41. The normalized spacial score (nSPS) is 17.6. The SMILES string of the molecule is S=C(Nc1ccccc1)NC1CCc2cn[nH]c2C1. The zero-order valence-electron chi connectivity index (χ0n) is 10.5. The van der Waals surface area contributed by atoms with E-state index < -0.39 is 0 Å². The third-order valence-corrected chi connectivity index (χ3v) is 3.61. The second-order valence-electron chi connectivity index (χ2n) is 4.78. The Kier molecular flexibility index (Phi) is 3.46. The van der Waals surface area contributed by atoms with Gasteiger partial charge in [-0.3, -0.25) is 5.10 Å². The molecule has 0 spiro atoms. The zero-order valence-corrected chi connectivity index (χ0v) is 11.3. The molecule has 0 radical (unpaired) electrons. The standard InChI is InChI=1S/C14H16N4S/c19-14(16-11-4-2-1-3-5-11)17-12-7-6-10-9-15-18-13(10)8-12/h1-5,9,12H,6-8H2,(H,15,18)(H2,16,17,19). The fourth-order valence-corrected chi connectivity index (χ4v) is 2.69. The number of aryl methyl sites for hydroxylation is 1. The summed E-state index contributed by atoms with van der Waals surface area (Å²) >= 11 is 5.35. The minimum absolute atomic E-state index is 0.372. The molecule has 1 aliphatic rings. The number of benzene rings is 1. The molecule has 1 atom stereocenters. The molecule has 1 aromatic heterocycles. The van der Waals surface area contributed by atoms with Gasteiger partial charge in [-0.1, -0.05) is 18.2 Å². The second-order valence-corrected chi connectivity index (χ2v) is 5.19. The first-order chi connectivity index (χ1) is 9.31. The molecule has 98 valence electrons. The molecule has 0 saturated heterocycles. The number of H-pyrrole nitrogens is 1. The molecular weight excluding hydrogens is 256 g/mol. The van der Waals surface area contributed by atoms with Crippen LogP contribution in [0.3, 0.4) is 0 Å². The van der Waals surface area contributed by atoms with Crippen molar-refractivity contribution in [2.75, 3.05) is 5.32 Å². The molecule has 5 heteroatoms. The van der Waals surface area contributed by atoms with Crippen molar-refractivity contribution in [1.82, 2.24) is 15.5 Å². The summed E-state index contributed by atoms with van der Waals surface area (Å²) in [4.78, 5) is 0. The molecule has 0 amide bonds. The van der Waals surface area contributed by atoms with Gasteiger partial charge in [0.1, 0.15) is 0 Å². The van der Waals surface area contributed by atoms with Crippen LogP contribution in [0.25, 0.3) is 0 Å². The number of nitrogens with zero attached hydrogens (tertiary/aromatic N) is 1. The molecular formula is C14H16N4S. The molecule has 3 rings (SSSR count). The van der Waals surface area contributed by atoms with E-state index in [9.17, 15) is 0 Å². The number of para-hydroxylation sites is 1. The smallest absolute Gasteiger partial charge is 0.171 e. The van der Waals surface area contributed by atoms with Gasteiger partial charge < -0.3 is 10.6 Å². The van der Waals surface area contributed by atoms with Gasteiger partial charge >= 0.3 is 0 Å². The summed E-state index contributed by atoms with van der Waals surface area (Å²) in [5.41, 5.74) is 3.57. The van der Waals surface area contributed by atoms with Crippen molar-refractivity contribution in [3.05, 3.63) is 47.8 Å². The largest absolute Gasteiger partial charge is 0.359 e. The number of thiocarbonyl (C=S) groups is 1. The van der Waals surface area contributed by atoms with Gasteiger partial charge in [-0.05, 0) is 42.8 Å². The first kappa shape index (κ1) is 12.2. The molecule has 0 fully saturated rings. The van der Waals surface area contributed by atoms with Gasteiger partial charge in [-0.25, -0.2) is 0 Å². The monoisotopic (exact) mass is 272 g/mol. The quantitative estimate of drug-likeness (QED) is 0.734. The zero-order chi connectivity index (χ0) is 13.1. The number of hydrogen-bond acceptors (Lipinski definition) is 2. The summed E-state index contributed by atoms with van der Waals surface area (Å²) in [6.45, 7) is 0. The predicted molar refractivity (Wildman–Crippen MR) is 80.2 cm³/mol. The van der Waals surface area contributed by atoms with Crippen LogP contribution in [-0.2, 0) is 12.8 Å². The van der Waals surface area contributed by atoms with Gasteiger partial charge in [0.2, 0.25) is 0 Å². The Bertz CT molecular complexity index is 564. The Hall–Kier alpha value is -1.88. The summed E-state index contributed by atoms with van der Waals surface area (Å²) in [5, 5.41) is 14.4. The number of aromatic amines is 1. The molecule has 3 N–H and O–H groups in total. The lowest BCUT2D eigenvalue weighted by atomic mass is 9.94. The highest BCUT2D eigenvalue weighted by Crippen LogP contribution is 2.18. The van der Waals surface area contributed by atoms with Crippen LogP contribution >= 0.6 is 12.2 Å². The summed E-state index contributed by atoms with van der Waals surface area (Å²) in [6.07, 6.45) is 5.01. The highest BCUT2D eigenvalue weighted by Gasteiger charge is 2.20. The molecule has 4 nitrogen and oxygen atoms in total. The summed E-state index contributed by atoms with van der Waals surface area (Å²) in [5.74, 6) is 0. The number of rotatable bonds is 2. The Labute approximate surface area is 117 Å². The topological polar surface area (TPSA) is 52.7 Å². The van der Waals surface area contributed by atoms with Crippen molar-refractivity contribution in [2.24, 2.45) is 0 Å². The van der Waals surface area contributed by atoms with Crippen molar-refractivity contribution < 1.29 is 0 Å². The number of anilines is 1. The summed E-state index contributed by atoms with van der Waals surface area (Å²) in [7, 11) is 0. The van der Waals surface area contributed by atoms with E-state index in [1.54, 1.807) is 0 Å². The minimum Gasteiger partial charge on any atom is -0.359 e. The van der Waals surface area contributed by atoms with Gasteiger partial charge in [-0.2, -0.15) is 5.10 Å². The highest BCUT2D eigenvalue weighted by atomic mass is 32.1. The van der Waals surface area contributed by atoms with E-state index in [-0.39, 0.29) is 0 Å². The molecule has 0 saturated carbocycles. The van der Waals surface area contributed by atoms with Crippen LogP contribution in [-0.4, -0.2) is 21.4 Å². The van der Waals surface area contributed by atoms with Crippen LogP contribution in [0.2, 0.25) is 0 Å². The van der Waals surface area contributed by atoms with Crippen LogP contribution in [0.15, 0.2) is 36.5 Å². The number of hydrogen-bond donors (Lipinski definition) is 3. The van der Waals surface area contributed by atoms with Crippen LogP contribution < -0.4 is 10.6 Å². The Morgan fingerprint density at radius 2 is 2.16 bits per heavy atom. The van der Waals surface area contributed by atoms with Crippen molar-refractivity contribution in [3.63, 3.8) is 0 Å². The average molecular weight is 272 g/mol. The first-order valence-corrected chi connectivity index (χ1v) is 6.86. The van der Waals surface area contributed by atoms with E-state index in [0.717, 1.165) is 24.9 Å². The molecule has 2 aromatic rings. The van der Waals surface area contributed by atoms with Gasteiger partial charge in [0.25, 0.3) is 0 Å². The van der Waals surface area contributed by atoms with E-state index >= 15 is 0 Å². The minimum atomic E-state index is 0.372. The summed E-state index contributed by atoms with van der Waals surface area (Å²) < 4.78 is 0. The van der Waals surface area contributed by atoms with Crippen molar-refractivity contribution in [2.45, 2.75) is 25.3 Å². The third-order valence-electron chi connectivity index (χ3n) is 3.39. The number of fused-ring (bicyclic) bond motifs is 1. The molecule has 1 heterocycles. The second kappa shape index (κ2) is 5.40. The van der Waals surface area contributed by atoms with Gasteiger partial charge in [0.05, 0.1) is 6.20 Å². The predicted octanol–water partition coefficient (Wildman–Crippen LogP) is 2.25. The average Bonchev–Trinajstić information content (AvgIpc) is 2.87. The molecule has 0 bridgehead atoms. The molecule has 0 aliphatic heterocycles. The van der Waals surface area contributed by atoms with Crippen molar-refractivity contribution in [1.29, 1.82) is 0 Å². The highest BCUT2D eigenvalue weighted by molar-refractivity contribution is 7.80.